The normalized spacial score (nSPS) is 21.4. The molecule has 0 spiro atoms. The first kappa shape index (κ1) is 16.0. The standard InChI is InChI=1S/C17H22O4/c1-2-11-19-13-15(18)17(14-8-4-3-5-9-14)21-16-10-6-7-12-20-16/h1,3-5,8-9,15-18H,6-7,10-13H2. The third kappa shape index (κ3) is 5.14. The third-order valence-corrected chi connectivity index (χ3v) is 3.39. The van der Waals surface area contributed by atoms with Gasteiger partial charge in [-0.15, -0.1) is 6.42 Å². The molecule has 3 atom stereocenters. The van der Waals surface area contributed by atoms with Crippen LogP contribution in [0.5, 0.6) is 0 Å². The van der Waals surface area contributed by atoms with Crippen molar-refractivity contribution in [2.24, 2.45) is 0 Å². The highest BCUT2D eigenvalue weighted by molar-refractivity contribution is 5.18. The van der Waals surface area contributed by atoms with Crippen LogP contribution < -0.4 is 0 Å². The van der Waals surface area contributed by atoms with Crippen molar-refractivity contribution in [2.45, 2.75) is 37.8 Å². The number of hydrogen-bond acceptors (Lipinski definition) is 4. The van der Waals surface area contributed by atoms with Crippen LogP contribution in [-0.2, 0) is 14.2 Å². The highest BCUT2D eigenvalue weighted by Gasteiger charge is 2.27. The Morgan fingerprint density at radius 3 is 2.81 bits per heavy atom. The molecule has 1 aliphatic rings. The molecule has 1 aliphatic heterocycles. The molecular weight excluding hydrogens is 268 g/mol. The Balaban J connectivity index is 2.01. The summed E-state index contributed by atoms with van der Waals surface area (Å²) in [7, 11) is 0. The van der Waals surface area contributed by atoms with Gasteiger partial charge in [-0.05, 0) is 24.8 Å². The van der Waals surface area contributed by atoms with Gasteiger partial charge in [0.05, 0.1) is 6.61 Å². The zero-order chi connectivity index (χ0) is 14.9. The molecule has 1 fully saturated rings. The van der Waals surface area contributed by atoms with E-state index in [9.17, 15) is 5.11 Å². The summed E-state index contributed by atoms with van der Waals surface area (Å²) in [4.78, 5) is 0. The maximum atomic E-state index is 10.3. The second kappa shape index (κ2) is 8.81. The van der Waals surface area contributed by atoms with Crippen molar-refractivity contribution in [1.82, 2.24) is 0 Å². The van der Waals surface area contributed by atoms with Gasteiger partial charge in [-0.1, -0.05) is 36.3 Å². The van der Waals surface area contributed by atoms with Crippen LogP contribution in [0.3, 0.4) is 0 Å². The predicted octanol–water partition coefficient (Wildman–Crippen LogP) is 2.28. The van der Waals surface area contributed by atoms with Crippen LogP contribution >= 0.6 is 0 Å². The van der Waals surface area contributed by atoms with Crippen LogP contribution in [0.2, 0.25) is 0 Å². The van der Waals surface area contributed by atoms with Crippen molar-refractivity contribution in [3.63, 3.8) is 0 Å². The van der Waals surface area contributed by atoms with Gasteiger partial charge in [0.25, 0.3) is 0 Å². The quantitative estimate of drug-likeness (QED) is 0.618. The lowest BCUT2D eigenvalue weighted by Crippen LogP contribution is -2.32. The molecule has 0 aromatic heterocycles. The van der Waals surface area contributed by atoms with E-state index in [0.717, 1.165) is 24.8 Å². The Morgan fingerprint density at radius 2 is 2.14 bits per heavy atom. The smallest absolute Gasteiger partial charge is 0.158 e. The first-order chi connectivity index (χ1) is 10.3. The summed E-state index contributed by atoms with van der Waals surface area (Å²) in [6, 6.07) is 9.62. The summed E-state index contributed by atoms with van der Waals surface area (Å²) in [5.74, 6) is 2.38. The molecule has 1 N–H and O–H groups in total. The molecule has 0 amide bonds. The van der Waals surface area contributed by atoms with E-state index in [1.807, 2.05) is 30.3 Å². The Hall–Kier alpha value is -1.38. The van der Waals surface area contributed by atoms with Gasteiger partial charge in [-0.2, -0.15) is 0 Å². The van der Waals surface area contributed by atoms with Gasteiger partial charge >= 0.3 is 0 Å². The van der Waals surface area contributed by atoms with E-state index in [-0.39, 0.29) is 19.5 Å². The molecule has 1 aromatic rings. The van der Waals surface area contributed by atoms with Gasteiger partial charge < -0.3 is 19.3 Å². The number of terminal acetylenes is 1. The first-order valence-corrected chi connectivity index (χ1v) is 7.32. The van der Waals surface area contributed by atoms with Gasteiger partial charge in [0.2, 0.25) is 0 Å². The lowest BCUT2D eigenvalue weighted by atomic mass is 10.0. The molecule has 1 saturated heterocycles. The molecule has 1 heterocycles. The summed E-state index contributed by atoms with van der Waals surface area (Å²) in [5, 5.41) is 10.3. The van der Waals surface area contributed by atoms with Crippen LogP contribution in [0, 0.1) is 12.3 Å². The van der Waals surface area contributed by atoms with E-state index in [2.05, 4.69) is 5.92 Å². The monoisotopic (exact) mass is 290 g/mol. The van der Waals surface area contributed by atoms with Gasteiger partial charge in [0, 0.05) is 6.61 Å². The lowest BCUT2D eigenvalue weighted by Gasteiger charge is -2.30. The molecule has 0 saturated carbocycles. The van der Waals surface area contributed by atoms with Crippen LogP contribution in [0.4, 0.5) is 0 Å². The van der Waals surface area contributed by atoms with Crippen molar-refractivity contribution in [3.8, 4) is 12.3 Å². The third-order valence-electron chi connectivity index (χ3n) is 3.39. The molecule has 2 rings (SSSR count). The minimum Gasteiger partial charge on any atom is -0.388 e. The molecule has 21 heavy (non-hydrogen) atoms. The van der Waals surface area contributed by atoms with Crippen molar-refractivity contribution in [2.75, 3.05) is 19.8 Å². The van der Waals surface area contributed by atoms with Crippen molar-refractivity contribution in [3.05, 3.63) is 35.9 Å². The number of rotatable bonds is 7. The second-order valence-corrected chi connectivity index (χ2v) is 5.05. The van der Waals surface area contributed by atoms with Crippen LogP contribution in [0.15, 0.2) is 30.3 Å². The van der Waals surface area contributed by atoms with Gasteiger partial charge in [0.15, 0.2) is 6.29 Å². The Kier molecular flexibility index (Phi) is 6.71. The molecule has 114 valence electrons. The van der Waals surface area contributed by atoms with E-state index in [4.69, 9.17) is 20.6 Å². The average molecular weight is 290 g/mol. The van der Waals surface area contributed by atoms with E-state index < -0.39 is 12.2 Å². The average Bonchev–Trinajstić information content (AvgIpc) is 2.54. The van der Waals surface area contributed by atoms with E-state index in [0.29, 0.717) is 6.61 Å². The number of aliphatic hydroxyl groups excluding tert-OH is 1. The number of benzene rings is 1. The van der Waals surface area contributed by atoms with Crippen LogP contribution in [-0.4, -0.2) is 37.3 Å². The zero-order valence-electron chi connectivity index (χ0n) is 12.1. The number of hydrogen-bond donors (Lipinski definition) is 1. The summed E-state index contributed by atoms with van der Waals surface area (Å²) in [5.41, 5.74) is 0.906. The highest BCUT2D eigenvalue weighted by Crippen LogP contribution is 2.27. The maximum absolute atomic E-state index is 10.3. The summed E-state index contributed by atoms with van der Waals surface area (Å²) in [6.45, 7) is 1.02. The summed E-state index contributed by atoms with van der Waals surface area (Å²) < 4.78 is 16.8. The van der Waals surface area contributed by atoms with Gasteiger partial charge in [0.1, 0.15) is 18.8 Å². The minimum absolute atomic E-state index is 0.135. The summed E-state index contributed by atoms with van der Waals surface area (Å²) >= 11 is 0. The highest BCUT2D eigenvalue weighted by atomic mass is 16.7. The van der Waals surface area contributed by atoms with Crippen molar-refractivity contribution in [1.29, 1.82) is 0 Å². The first-order valence-electron chi connectivity index (χ1n) is 7.32. The topological polar surface area (TPSA) is 47.9 Å². The largest absolute Gasteiger partial charge is 0.388 e. The second-order valence-electron chi connectivity index (χ2n) is 5.05. The molecule has 0 bridgehead atoms. The fourth-order valence-electron chi connectivity index (χ4n) is 2.34. The Morgan fingerprint density at radius 1 is 1.33 bits per heavy atom. The molecule has 3 unspecified atom stereocenters. The maximum Gasteiger partial charge on any atom is 0.158 e. The molecule has 0 aliphatic carbocycles. The van der Waals surface area contributed by atoms with Crippen molar-refractivity contribution >= 4 is 0 Å². The van der Waals surface area contributed by atoms with Gasteiger partial charge in [-0.3, -0.25) is 0 Å². The minimum atomic E-state index is -0.786. The number of ether oxygens (including phenoxy) is 3. The molecule has 0 radical (unpaired) electrons. The van der Waals surface area contributed by atoms with E-state index in [1.54, 1.807) is 0 Å². The SMILES string of the molecule is C#CCOCC(O)C(OC1CCCCO1)c1ccccc1. The Labute approximate surface area is 126 Å². The molecular formula is C17H22O4. The van der Waals surface area contributed by atoms with Crippen LogP contribution in [0.1, 0.15) is 30.9 Å². The molecule has 1 aromatic carbocycles. The van der Waals surface area contributed by atoms with Crippen molar-refractivity contribution < 1.29 is 19.3 Å². The molecule has 4 nitrogen and oxygen atoms in total. The van der Waals surface area contributed by atoms with E-state index in [1.165, 1.54) is 0 Å². The van der Waals surface area contributed by atoms with E-state index >= 15 is 0 Å². The fraction of sp³-hybridized carbons (Fsp3) is 0.529. The predicted molar refractivity (Wildman–Crippen MR) is 79.5 cm³/mol. The zero-order valence-corrected chi connectivity index (χ0v) is 12.1. The van der Waals surface area contributed by atoms with Gasteiger partial charge in [-0.25, -0.2) is 0 Å². The lowest BCUT2D eigenvalue weighted by molar-refractivity contribution is -0.213. The molecule has 4 heteroatoms. The Bertz CT molecular complexity index is 434. The summed E-state index contributed by atoms with van der Waals surface area (Å²) in [6.07, 6.45) is 6.59. The fourth-order valence-corrected chi connectivity index (χ4v) is 2.34. The van der Waals surface area contributed by atoms with Crippen LogP contribution in [0.25, 0.3) is 0 Å². The number of aliphatic hydroxyl groups is 1.